The van der Waals surface area contributed by atoms with Crippen LogP contribution in [0.1, 0.15) is 28.0 Å². The molecule has 4 rings (SSSR count). The molecule has 0 aliphatic carbocycles. The summed E-state index contributed by atoms with van der Waals surface area (Å²) in [6, 6.07) is 22.2. The van der Waals surface area contributed by atoms with Crippen molar-refractivity contribution < 1.29 is 9.59 Å². The van der Waals surface area contributed by atoms with E-state index in [2.05, 4.69) is 41.5 Å². The number of hydrogen-bond donors (Lipinski definition) is 2. The van der Waals surface area contributed by atoms with Crippen LogP contribution in [-0.4, -0.2) is 46.4 Å². The Morgan fingerprint density at radius 1 is 1.12 bits per heavy atom. The number of likely N-dealkylation sites (N-methyl/N-ethyl adjacent to an activating group) is 1. The lowest BCUT2D eigenvalue weighted by Gasteiger charge is -2.25. The number of rotatable bonds is 8. The summed E-state index contributed by atoms with van der Waals surface area (Å²) < 4.78 is 1.79. The molecule has 0 aliphatic heterocycles. The van der Waals surface area contributed by atoms with Crippen molar-refractivity contribution in [3.05, 3.63) is 95.9 Å². The van der Waals surface area contributed by atoms with Gasteiger partial charge in [0, 0.05) is 44.6 Å². The molecule has 33 heavy (non-hydrogen) atoms. The number of H-pyrrole nitrogens is 1. The van der Waals surface area contributed by atoms with Crippen LogP contribution in [0.3, 0.4) is 0 Å². The maximum absolute atomic E-state index is 12.1. The highest BCUT2D eigenvalue weighted by molar-refractivity contribution is 5.92. The zero-order chi connectivity index (χ0) is 23.6. The number of nitrogens with zero attached hydrogens (tertiary/aromatic N) is 2. The molecule has 1 atom stereocenters. The average Bonchev–Trinajstić information content (AvgIpc) is 3.47. The number of carbonyl (C=O) groups is 2. The first-order valence-corrected chi connectivity index (χ1v) is 11.1. The molecular weight excluding hydrogens is 412 g/mol. The van der Waals surface area contributed by atoms with Crippen molar-refractivity contribution in [2.45, 2.75) is 25.8 Å². The number of fused-ring (bicyclic) bond motifs is 1. The summed E-state index contributed by atoms with van der Waals surface area (Å²) in [6.45, 7) is 2.63. The molecule has 2 heterocycles. The van der Waals surface area contributed by atoms with Gasteiger partial charge in [0.05, 0.1) is 0 Å². The lowest BCUT2D eigenvalue weighted by Crippen LogP contribution is -2.36. The number of aromatic nitrogens is 2. The minimum atomic E-state index is -0.0929. The van der Waals surface area contributed by atoms with Gasteiger partial charge in [0.1, 0.15) is 5.69 Å². The fourth-order valence-electron chi connectivity index (χ4n) is 3.73. The van der Waals surface area contributed by atoms with Crippen LogP contribution in [-0.2, 0) is 18.3 Å². The van der Waals surface area contributed by atoms with E-state index in [1.54, 1.807) is 22.6 Å². The zero-order valence-electron chi connectivity index (χ0n) is 19.5. The first-order chi connectivity index (χ1) is 16.0. The first-order valence-electron chi connectivity index (χ1n) is 11.1. The maximum Gasteiger partial charge on any atom is 0.267 e. The van der Waals surface area contributed by atoms with Gasteiger partial charge < -0.3 is 19.8 Å². The van der Waals surface area contributed by atoms with Gasteiger partial charge >= 0.3 is 0 Å². The SMILES string of the molecule is CN(C=O)[C@H](CCNC(=O)c1cccn1C)Cc1ccccc1.Cc1ccc2[nH]ccc2c1. The summed E-state index contributed by atoms with van der Waals surface area (Å²) in [4.78, 5) is 28.0. The van der Waals surface area contributed by atoms with Crippen molar-refractivity contribution in [3.8, 4) is 0 Å². The number of amides is 2. The van der Waals surface area contributed by atoms with E-state index in [-0.39, 0.29) is 11.9 Å². The largest absolute Gasteiger partial charge is 0.361 e. The first kappa shape index (κ1) is 23.9. The molecule has 6 heteroatoms. The van der Waals surface area contributed by atoms with E-state index >= 15 is 0 Å². The molecule has 6 nitrogen and oxygen atoms in total. The zero-order valence-corrected chi connectivity index (χ0v) is 19.5. The Morgan fingerprint density at radius 3 is 2.61 bits per heavy atom. The molecule has 2 aromatic carbocycles. The molecule has 2 aromatic heterocycles. The van der Waals surface area contributed by atoms with Gasteiger partial charge in [-0.1, -0.05) is 42.0 Å². The molecule has 0 spiro atoms. The van der Waals surface area contributed by atoms with E-state index in [9.17, 15) is 9.59 Å². The van der Waals surface area contributed by atoms with Gasteiger partial charge in [-0.15, -0.1) is 0 Å². The summed E-state index contributed by atoms with van der Waals surface area (Å²) in [6.07, 6.45) is 6.13. The van der Waals surface area contributed by atoms with Crippen LogP contribution in [0.2, 0.25) is 0 Å². The molecule has 2 N–H and O–H groups in total. The predicted molar refractivity (Wildman–Crippen MR) is 133 cm³/mol. The Balaban J connectivity index is 0.000000252. The molecule has 0 unspecified atom stereocenters. The number of aromatic amines is 1. The topological polar surface area (TPSA) is 70.1 Å². The van der Waals surface area contributed by atoms with Crippen LogP contribution in [0.5, 0.6) is 0 Å². The lowest BCUT2D eigenvalue weighted by molar-refractivity contribution is -0.118. The lowest BCUT2D eigenvalue weighted by atomic mass is 10.0. The normalized spacial score (nSPS) is 11.4. The molecule has 2 amide bonds. The van der Waals surface area contributed by atoms with Gasteiger partial charge in [-0.2, -0.15) is 0 Å². The standard InChI is InChI=1S/C18H23N3O2.C9H9N/c1-20-12-6-9-17(20)18(23)19-11-10-16(21(2)14-22)13-15-7-4-3-5-8-15;1-7-2-3-9-8(6-7)4-5-10-9/h3-9,12,14,16H,10-11,13H2,1-2H3,(H,19,23);2-6,10H,1H3/t16-;/m1./s1. The van der Waals surface area contributed by atoms with E-state index in [0.29, 0.717) is 18.7 Å². The summed E-state index contributed by atoms with van der Waals surface area (Å²) in [5.74, 6) is -0.0929. The van der Waals surface area contributed by atoms with E-state index < -0.39 is 0 Å². The number of aryl methyl sites for hydroxylation is 2. The van der Waals surface area contributed by atoms with Gasteiger partial charge in [0.25, 0.3) is 5.91 Å². The molecule has 0 bridgehead atoms. The van der Waals surface area contributed by atoms with Gasteiger partial charge in [-0.05, 0) is 61.0 Å². The van der Waals surface area contributed by atoms with E-state index in [1.165, 1.54) is 22.0 Å². The number of benzene rings is 2. The Morgan fingerprint density at radius 2 is 1.91 bits per heavy atom. The Kier molecular flexibility index (Phi) is 8.47. The molecule has 172 valence electrons. The second kappa shape index (κ2) is 11.7. The third kappa shape index (κ3) is 6.84. The van der Waals surface area contributed by atoms with Crippen LogP contribution in [0, 0.1) is 6.92 Å². The highest BCUT2D eigenvalue weighted by Gasteiger charge is 2.15. The van der Waals surface area contributed by atoms with Crippen LogP contribution in [0.4, 0.5) is 0 Å². The number of hydrogen-bond acceptors (Lipinski definition) is 2. The summed E-state index contributed by atoms with van der Waals surface area (Å²) in [7, 11) is 3.62. The third-order valence-corrected chi connectivity index (χ3v) is 5.70. The molecule has 0 radical (unpaired) electrons. The fourth-order valence-corrected chi connectivity index (χ4v) is 3.73. The van der Waals surface area contributed by atoms with Crippen LogP contribution in [0.25, 0.3) is 10.9 Å². The molecule has 0 aliphatic rings. The van der Waals surface area contributed by atoms with E-state index in [1.807, 2.05) is 55.8 Å². The Bertz CT molecular complexity index is 1160. The predicted octanol–water partition coefficient (Wildman–Crippen LogP) is 4.32. The summed E-state index contributed by atoms with van der Waals surface area (Å²) >= 11 is 0. The smallest absolute Gasteiger partial charge is 0.267 e. The monoisotopic (exact) mass is 444 g/mol. The van der Waals surface area contributed by atoms with Crippen molar-refractivity contribution >= 4 is 23.2 Å². The van der Waals surface area contributed by atoms with E-state index in [4.69, 9.17) is 0 Å². The van der Waals surface area contributed by atoms with Crippen molar-refractivity contribution in [3.63, 3.8) is 0 Å². The average molecular weight is 445 g/mol. The van der Waals surface area contributed by atoms with Crippen LogP contribution in [0.15, 0.2) is 79.1 Å². The summed E-state index contributed by atoms with van der Waals surface area (Å²) in [5, 5.41) is 4.21. The van der Waals surface area contributed by atoms with Gasteiger partial charge in [0.2, 0.25) is 6.41 Å². The van der Waals surface area contributed by atoms with E-state index in [0.717, 1.165) is 12.8 Å². The molecule has 0 saturated carbocycles. The van der Waals surface area contributed by atoms with Gasteiger partial charge in [-0.25, -0.2) is 0 Å². The fraction of sp³-hybridized carbons (Fsp3) is 0.259. The number of nitrogens with one attached hydrogen (secondary N) is 2. The van der Waals surface area contributed by atoms with Gasteiger partial charge in [-0.3, -0.25) is 9.59 Å². The minimum absolute atomic E-state index is 0.0589. The Hall–Kier alpha value is -3.80. The van der Waals surface area contributed by atoms with Gasteiger partial charge in [0.15, 0.2) is 0 Å². The van der Waals surface area contributed by atoms with Crippen molar-refractivity contribution in [2.24, 2.45) is 7.05 Å². The quantitative estimate of drug-likeness (QED) is 0.397. The Labute approximate surface area is 195 Å². The highest BCUT2D eigenvalue weighted by atomic mass is 16.2. The highest BCUT2D eigenvalue weighted by Crippen LogP contribution is 2.13. The minimum Gasteiger partial charge on any atom is -0.361 e. The summed E-state index contributed by atoms with van der Waals surface area (Å²) in [5.41, 5.74) is 4.34. The van der Waals surface area contributed by atoms with Crippen molar-refractivity contribution in [1.29, 1.82) is 0 Å². The maximum atomic E-state index is 12.1. The van der Waals surface area contributed by atoms with Crippen LogP contribution < -0.4 is 5.32 Å². The van der Waals surface area contributed by atoms with Crippen LogP contribution >= 0.6 is 0 Å². The molecule has 0 saturated heterocycles. The molecule has 4 aromatic rings. The number of carbonyl (C=O) groups excluding carboxylic acids is 2. The second-order valence-corrected chi connectivity index (χ2v) is 8.23. The molecule has 0 fully saturated rings. The third-order valence-electron chi connectivity index (χ3n) is 5.70. The second-order valence-electron chi connectivity index (χ2n) is 8.23. The van der Waals surface area contributed by atoms with Crippen molar-refractivity contribution in [1.82, 2.24) is 19.8 Å². The van der Waals surface area contributed by atoms with Crippen molar-refractivity contribution in [2.75, 3.05) is 13.6 Å². The molecular formula is C27H32N4O2.